The largest absolute Gasteiger partial charge is 0.497 e. The first-order chi connectivity index (χ1) is 9.81. The Kier molecular flexibility index (Phi) is 4.03. The minimum atomic E-state index is 0.303. The third-order valence-electron chi connectivity index (χ3n) is 3.24. The van der Waals surface area contributed by atoms with E-state index in [4.69, 9.17) is 9.73 Å². The predicted octanol–water partition coefficient (Wildman–Crippen LogP) is 4.88. The van der Waals surface area contributed by atoms with Gasteiger partial charge in [-0.1, -0.05) is 42.1 Å². The van der Waals surface area contributed by atoms with Crippen molar-refractivity contribution < 1.29 is 4.74 Å². The molecule has 3 rings (SSSR count). The molecule has 0 saturated heterocycles. The number of hydrogen-bond donors (Lipinski definition) is 0. The van der Waals surface area contributed by atoms with Gasteiger partial charge in [-0.3, -0.25) is 0 Å². The molecule has 0 saturated carbocycles. The number of ether oxygens (including phenoxy) is 1. The van der Waals surface area contributed by atoms with Crippen molar-refractivity contribution in [3.63, 3.8) is 0 Å². The van der Waals surface area contributed by atoms with Gasteiger partial charge in [0.25, 0.3) is 0 Å². The smallest absolute Gasteiger partial charge is 0.131 e. The molecule has 1 heterocycles. The van der Waals surface area contributed by atoms with Crippen LogP contribution in [-0.2, 0) is 0 Å². The average molecular weight is 301 g/mol. The van der Waals surface area contributed by atoms with Crippen LogP contribution in [0.3, 0.4) is 0 Å². The van der Waals surface area contributed by atoms with E-state index in [9.17, 15) is 0 Å². The van der Waals surface area contributed by atoms with Gasteiger partial charge in [-0.2, -0.15) is 0 Å². The Labute approximate surface area is 127 Å². The molecular formula is C16H15NOS2. The van der Waals surface area contributed by atoms with Crippen LogP contribution in [0.1, 0.15) is 16.4 Å². The lowest BCUT2D eigenvalue weighted by molar-refractivity contribution is 0.414. The standard InChI is InChI=1S/C16H15NOS2/c1-18-12-9-7-11(8-10-12)15-13-5-3-4-6-14(13)17-16(19-2)20-15/h3-10,15H,1-2H3. The maximum absolute atomic E-state index is 5.23. The fraction of sp³-hybridized carbons (Fsp3) is 0.188. The lowest BCUT2D eigenvalue weighted by atomic mass is 10.0. The molecule has 0 fully saturated rings. The summed E-state index contributed by atoms with van der Waals surface area (Å²) >= 11 is 3.52. The van der Waals surface area contributed by atoms with Gasteiger partial charge < -0.3 is 4.74 Å². The van der Waals surface area contributed by atoms with Crippen molar-refractivity contribution in [2.45, 2.75) is 5.25 Å². The highest BCUT2D eigenvalue weighted by Crippen LogP contribution is 2.46. The molecule has 0 amide bonds. The lowest BCUT2D eigenvalue weighted by Gasteiger charge is -2.24. The van der Waals surface area contributed by atoms with Gasteiger partial charge in [0.05, 0.1) is 18.0 Å². The Morgan fingerprint density at radius 2 is 1.85 bits per heavy atom. The number of aliphatic imine (C=N–C) groups is 1. The van der Waals surface area contributed by atoms with Crippen LogP contribution in [-0.4, -0.2) is 17.7 Å². The lowest BCUT2D eigenvalue weighted by Crippen LogP contribution is -2.04. The molecule has 1 aliphatic rings. The first-order valence-electron chi connectivity index (χ1n) is 6.34. The molecule has 0 radical (unpaired) electrons. The minimum Gasteiger partial charge on any atom is -0.497 e. The Morgan fingerprint density at radius 3 is 2.55 bits per heavy atom. The number of thioether (sulfide) groups is 2. The summed E-state index contributed by atoms with van der Waals surface area (Å²) in [5.74, 6) is 0.890. The molecule has 2 nitrogen and oxygen atoms in total. The molecule has 4 heteroatoms. The Balaban J connectivity index is 2.02. The summed E-state index contributed by atoms with van der Waals surface area (Å²) in [4.78, 5) is 4.69. The summed E-state index contributed by atoms with van der Waals surface area (Å²) in [5, 5.41) is 0.303. The van der Waals surface area contributed by atoms with Crippen molar-refractivity contribution in [2.24, 2.45) is 4.99 Å². The number of hydrogen-bond acceptors (Lipinski definition) is 4. The van der Waals surface area contributed by atoms with E-state index < -0.39 is 0 Å². The van der Waals surface area contributed by atoms with Crippen molar-refractivity contribution in [1.82, 2.24) is 0 Å². The van der Waals surface area contributed by atoms with Crippen LogP contribution in [0.25, 0.3) is 0 Å². The Morgan fingerprint density at radius 1 is 1.10 bits per heavy atom. The first-order valence-corrected chi connectivity index (χ1v) is 8.44. The van der Waals surface area contributed by atoms with Crippen molar-refractivity contribution >= 4 is 33.6 Å². The number of rotatable bonds is 2. The van der Waals surface area contributed by atoms with Crippen LogP contribution in [0.4, 0.5) is 5.69 Å². The fourth-order valence-electron chi connectivity index (χ4n) is 2.22. The number of benzene rings is 2. The zero-order valence-corrected chi connectivity index (χ0v) is 13.0. The van der Waals surface area contributed by atoms with Gasteiger partial charge >= 0.3 is 0 Å². The third-order valence-corrected chi connectivity index (χ3v) is 5.53. The van der Waals surface area contributed by atoms with E-state index in [0.717, 1.165) is 15.8 Å². The SMILES string of the molecule is COc1ccc(C2SC(SC)=Nc3ccccc32)cc1. The van der Waals surface area contributed by atoms with E-state index in [2.05, 4.69) is 36.6 Å². The molecule has 0 aromatic heterocycles. The van der Waals surface area contributed by atoms with Gasteiger partial charge in [-0.25, -0.2) is 4.99 Å². The van der Waals surface area contributed by atoms with E-state index in [1.807, 2.05) is 30.0 Å². The van der Waals surface area contributed by atoms with Crippen molar-refractivity contribution in [3.05, 3.63) is 59.7 Å². The molecular weight excluding hydrogens is 286 g/mol. The van der Waals surface area contributed by atoms with Gasteiger partial charge in [0.1, 0.15) is 10.1 Å². The molecule has 2 aromatic carbocycles. The number of nitrogens with zero attached hydrogens (tertiary/aromatic N) is 1. The summed E-state index contributed by atoms with van der Waals surface area (Å²) in [6.45, 7) is 0. The predicted molar refractivity (Wildman–Crippen MR) is 89.5 cm³/mol. The summed E-state index contributed by atoms with van der Waals surface area (Å²) < 4.78 is 6.35. The molecule has 1 unspecified atom stereocenters. The Bertz CT molecular complexity index is 637. The molecule has 1 atom stereocenters. The van der Waals surface area contributed by atoms with Gasteiger partial charge in [-0.15, -0.1) is 11.8 Å². The highest BCUT2D eigenvalue weighted by molar-refractivity contribution is 8.38. The molecule has 1 aliphatic heterocycles. The van der Waals surface area contributed by atoms with Crippen molar-refractivity contribution in [1.29, 1.82) is 0 Å². The number of fused-ring (bicyclic) bond motifs is 1. The normalized spacial score (nSPS) is 17.3. The van der Waals surface area contributed by atoms with Crippen LogP contribution >= 0.6 is 23.5 Å². The average Bonchev–Trinajstić information content (AvgIpc) is 2.54. The monoisotopic (exact) mass is 301 g/mol. The van der Waals surface area contributed by atoms with Gasteiger partial charge in [0, 0.05) is 0 Å². The molecule has 0 spiro atoms. The number of para-hydroxylation sites is 1. The van der Waals surface area contributed by atoms with Gasteiger partial charge in [-0.05, 0) is 35.6 Å². The second-order valence-electron chi connectivity index (χ2n) is 4.41. The van der Waals surface area contributed by atoms with E-state index >= 15 is 0 Å². The maximum atomic E-state index is 5.23. The van der Waals surface area contributed by atoms with Gasteiger partial charge in [0.15, 0.2) is 0 Å². The van der Waals surface area contributed by atoms with Crippen LogP contribution in [0.5, 0.6) is 5.75 Å². The highest BCUT2D eigenvalue weighted by Gasteiger charge is 2.24. The van der Waals surface area contributed by atoms with E-state index in [1.54, 1.807) is 18.9 Å². The topological polar surface area (TPSA) is 21.6 Å². The van der Waals surface area contributed by atoms with Crippen LogP contribution in [0.2, 0.25) is 0 Å². The molecule has 0 bridgehead atoms. The second-order valence-corrected chi connectivity index (χ2v) is 6.56. The Hall–Kier alpha value is -1.39. The van der Waals surface area contributed by atoms with Gasteiger partial charge in [0.2, 0.25) is 0 Å². The molecule has 102 valence electrons. The zero-order chi connectivity index (χ0) is 13.9. The molecule has 2 aromatic rings. The molecule has 0 aliphatic carbocycles. The number of methoxy groups -OCH3 is 1. The summed E-state index contributed by atoms with van der Waals surface area (Å²) in [6, 6.07) is 16.7. The first kappa shape index (κ1) is 13.6. The van der Waals surface area contributed by atoms with E-state index in [0.29, 0.717) is 5.25 Å². The molecule has 0 N–H and O–H groups in total. The summed E-state index contributed by atoms with van der Waals surface area (Å²) in [6.07, 6.45) is 2.07. The van der Waals surface area contributed by atoms with E-state index in [1.165, 1.54) is 11.1 Å². The van der Waals surface area contributed by atoms with Crippen molar-refractivity contribution in [2.75, 3.05) is 13.4 Å². The summed E-state index contributed by atoms with van der Waals surface area (Å²) in [5.41, 5.74) is 3.64. The quantitative estimate of drug-likeness (QED) is 0.789. The maximum Gasteiger partial charge on any atom is 0.131 e. The highest BCUT2D eigenvalue weighted by atomic mass is 32.2. The second kappa shape index (κ2) is 5.94. The van der Waals surface area contributed by atoms with Crippen LogP contribution < -0.4 is 4.74 Å². The summed E-state index contributed by atoms with van der Waals surface area (Å²) in [7, 11) is 1.69. The van der Waals surface area contributed by atoms with Crippen LogP contribution in [0, 0.1) is 0 Å². The van der Waals surface area contributed by atoms with E-state index in [-0.39, 0.29) is 0 Å². The minimum absolute atomic E-state index is 0.303. The molecule has 20 heavy (non-hydrogen) atoms. The van der Waals surface area contributed by atoms with Crippen molar-refractivity contribution in [3.8, 4) is 5.75 Å². The van der Waals surface area contributed by atoms with Crippen LogP contribution in [0.15, 0.2) is 53.5 Å². The fourth-order valence-corrected chi connectivity index (χ4v) is 4.06. The third kappa shape index (κ3) is 2.58. The zero-order valence-electron chi connectivity index (χ0n) is 11.4.